The lowest BCUT2D eigenvalue weighted by molar-refractivity contribution is -0.134. The first-order valence-corrected chi connectivity index (χ1v) is 10.8. The van der Waals surface area contributed by atoms with Crippen LogP contribution in [-0.4, -0.2) is 41.8 Å². The van der Waals surface area contributed by atoms with Gasteiger partial charge in [-0.25, -0.2) is 9.59 Å². The number of aryl methyl sites for hydroxylation is 1. The molecule has 0 radical (unpaired) electrons. The molecule has 0 unspecified atom stereocenters. The first-order valence-electron chi connectivity index (χ1n) is 10.1. The van der Waals surface area contributed by atoms with Gasteiger partial charge in [0.15, 0.2) is 0 Å². The van der Waals surface area contributed by atoms with E-state index in [1.165, 1.54) is 39.9 Å². The Bertz CT molecular complexity index is 1010. The molecule has 0 fully saturated rings. The molecule has 0 aromatic heterocycles. The third kappa shape index (κ3) is 6.00. The fourth-order valence-electron chi connectivity index (χ4n) is 3.92. The normalized spacial score (nSPS) is 15.0. The molecule has 0 bridgehead atoms. The number of rotatable bonds is 3. The number of halogens is 2. The third-order valence-electron chi connectivity index (χ3n) is 5.23. The molecular formula is C23H24Cl2N2O4. The minimum absolute atomic E-state index is 0.558. The van der Waals surface area contributed by atoms with Crippen LogP contribution in [-0.2, 0) is 28.9 Å². The van der Waals surface area contributed by atoms with Gasteiger partial charge < -0.3 is 20.8 Å². The number of nitrogens with one attached hydrogen (secondary N) is 2. The molecule has 2 aliphatic rings. The Morgan fingerprint density at radius 3 is 2.26 bits per heavy atom. The lowest BCUT2D eigenvalue weighted by Crippen LogP contribution is -2.16. The average molecular weight is 463 g/mol. The number of hydrogen-bond donors (Lipinski definition) is 4. The second-order valence-electron chi connectivity index (χ2n) is 7.34. The Hall–Kier alpha value is -2.54. The van der Waals surface area contributed by atoms with Gasteiger partial charge in [0.2, 0.25) is 0 Å². The summed E-state index contributed by atoms with van der Waals surface area (Å²) in [6.45, 7) is 3.12. The quantitative estimate of drug-likeness (QED) is 0.504. The summed E-state index contributed by atoms with van der Waals surface area (Å²) in [6, 6.07) is 8.43. The van der Waals surface area contributed by atoms with E-state index in [1.807, 2.05) is 12.1 Å². The molecule has 0 saturated carbocycles. The van der Waals surface area contributed by atoms with Gasteiger partial charge in [-0.2, -0.15) is 0 Å². The average Bonchev–Trinajstić information content (AvgIpc) is 2.98. The topological polar surface area (TPSA) is 98.7 Å². The van der Waals surface area contributed by atoms with Crippen LogP contribution < -0.4 is 10.6 Å². The molecule has 0 saturated heterocycles. The summed E-state index contributed by atoms with van der Waals surface area (Å²) in [7, 11) is 0. The highest BCUT2D eigenvalue weighted by molar-refractivity contribution is 6.42. The number of carbonyl (C=O) groups is 2. The molecule has 2 heterocycles. The van der Waals surface area contributed by atoms with Crippen LogP contribution in [0.4, 0.5) is 5.69 Å². The van der Waals surface area contributed by atoms with Gasteiger partial charge in [0, 0.05) is 29.9 Å². The Morgan fingerprint density at radius 2 is 1.58 bits per heavy atom. The van der Waals surface area contributed by atoms with Crippen LogP contribution in [0.3, 0.4) is 0 Å². The van der Waals surface area contributed by atoms with Crippen LogP contribution >= 0.6 is 23.2 Å². The minimum atomic E-state index is -1.26. The zero-order valence-corrected chi connectivity index (χ0v) is 18.4. The zero-order valence-electron chi connectivity index (χ0n) is 16.9. The van der Waals surface area contributed by atoms with Crippen molar-refractivity contribution in [3.63, 3.8) is 0 Å². The molecule has 6 nitrogen and oxygen atoms in total. The molecular weight excluding hydrogens is 439 g/mol. The van der Waals surface area contributed by atoms with Crippen molar-refractivity contribution in [1.29, 1.82) is 0 Å². The van der Waals surface area contributed by atoms with Crippen molar-refractivity contribution in [1.82, 2.24) is 5.32 Å². The predicted molar refractivity (Wildman–Crippen MR) is 123 cm³/mol. The molecule has 4 rings (SSSR count). The number of benzene rings is 2. The molecule has 0 spiro atoms. The molecule has 164 valence electrons. The molecule has 0 amide bonds. The summed E-state index contributed by atoms with van der Waals surface area (Å²) in [5, 5.41) is 24.0. The molecule has 8 heteroatoms. The summed E-state index contributed by atoms with van der Waals surface area (Å²) in [6.07, 6.45) is 5.61. The highest BCUT2D eigenvalue weighted by atomic mass is 35.5. The Kier molecular flexibility index (Phi) is 7.96. The van der Waals surface area contributed by atoms with E-state index < -0.39 is 11.9 Å². The van der Waals surface area contributed by atoms with Crippen LogP contribution in [0, 0.1) is 0 Å². The Balaban J connectivity index is 0.000000293. The second-order valence-corrected chi connectivity index (χ2v) is 8.16. The Labute approximate surface area is 190 Å². The first-order chi connectivity index (χ1) is 14.9. The molecule has 2 aromatic carbocycles. The summed E-state index contributed by atoms with van der Waals surface area (Å²) in [5.41, 5.74) is 8.19. The van der Waals surface area contributed by atoms with Gasteiger partial charge in [0.25, 0.3) is 0 Å². The van der Waals surface area contributed by atoms with E-state index in [0.717, 1.165) is 38.9 Å². The van der Waals surface area contributed by atoms with Gasteiger partial charge in [-0.15, -0.1) is 0 Å². The zero-order chi connectivity index (χ0) is 22.4. The summed E-state index contributed by atoms with van der Waals surface area (Å²) in [5.74, 6) is -2.51. The van der Waals surface area contributed by atoms with Gasteiger partial charge in [0.1, 0.15) is 0 Å². The highest BCUT2D eigenvalue weighted by Gasteiger charge is 2.22. The van der Waals surface area contributed by atoms with Gasteiger partial charge >= 0.3 is 11.9 Å². The second kappa shape index (κ2) is 10.7. The highest BCUT2D eigenvalue weighted by Crippen LogP contribution is 2.41. The van der Waals surface area contributed by atoms with Crippen LogP contribution in [0.15, 0.2) is 36.4 Å². The van der Waals surface area contributed by atoms with Gasteiger partial charge in [-0.3, -0.25) is 0 Å². The van der Waals surface area contributed by atoms with Crippen molar-refractivity contribution in [3.05, 3.63) is 63.2 Å². The number of fused-ring (bicyclic) bond motifs is 2. The van der Waals surface area contributed by atoms with E-state index >= 15 is 0 Å². The van der Waals surface area contributed by atoms with Gasteiger partial charge in [0.05, 0.1) is 10.0 Å². The van der Waals surface area contributed by atoms with Crippen molar-refractivity contribution in [3.8, 4) is 11.1 Å². The SMILES string of the molecule is Clc1ccc(-c2c3c(cc4c2NCCC4)CCNCC3)cc1Cl.O=C(O)/C=C/C(=O)O. The van der Waals surface area contributed by atoms with E-state index in [2.05, 4.69) is 22.8 Å². The van der Waals surface area contributed by atoms with E-state index in [4.69, 9.17) is 33.4 Å². The lowest BCUT2D eigenvalue weighted by atomic mass is 9.86. The third-order valence-corrected chi connectivity index (χ3v) is 5.97. The summed E-state index contributed by atoms with van der Waals surface area (Å²) >= 11 is 12.4. The number of hydrogen-bond acceptors (Lipinski definition) is 4. The van der Waals surface area contributed by atoms with Crippen LogP contribution in [0.5, 0.6) is 0 Å². The summed E-state index contributed by atoms with van der Waals surface area (Å²) < 4.78 is 0. The van der Waals surface area contributed by atoms with Crippen LogP contribution in [0.1, 0.15) is 23.1 Å². The summed E-state index contributed by atoms with van der Waals surface area (Å²) in [4.78, 5) is 19.1. The van der Waals surface area contributed by atoms with Crippen molar-refractivity contribution in [2.24, 2.45) is 0 Å². The molecule has 0 atom stereocenters. The van der Waals surface area contributed by atoms with E-state index in [1.54, 1.807) is 0 Å². The van der Waals surface area contributed by atoms with Crippen molar-refractivity contribution < 1.29 is 19.8 Å². The molecule has 4 N–H and O–H groups in total. The fourth-order valence-corrected chi connectivity index (χ4v) is 4.21. The van der Waals surface area contributed by atoms with Crippen molar-refractivity contribution in [2.75, 3.05) is 25.0 Å². The monoisotopic (exact) mass is 462 g/mol. The van der Waals surface area contributed by atoms with Gasteiger partial charge in [-0.05, 0) is 73.2 Å². The van der Waals surface area contributed by atoms with Crippen molar-refractivity contribution in [2.45, 2.75) is 25.7 Å². The van der Waals surface area contributed by atoms with Gasteiger partial charge in [-0.1, -0.05) is 35.3 Å². The van der Waals surface area contributed by atoms with Crippen LogP contribution in [0.2, 0.25) is 10.0 Å². The van der Waals surface area contributed by atoms with Crippen LogP contribution in [0.25, 0.3) is 11.1 Å². The molecule has 0 aliphatic carbocycles. The number of carboxylic acid groups (broad SMARTS) is 2. The largest absolute Gasteiger partial charge is 0.478 e. The molecule has 31 heavy (non-hydrogen) atoms. The standard InChI is InChI=1S/C19H20Cl2N2.C4H4O4/c20-16-4-3-13(11-17(16)21)18-15-6-9-22-8-5-12(15)10-14-2-1-7-23-19(14)18;5-3(6)1-2-4(7)8/h3-4,10-11,22-23H,1-2,5-9H2;1-2H,(H,5,6)(H,7,8)/b;2-1+. The predicted octanol–water partition coefficient (Wildman–Crippen LogP) is 4.42. The van der Waals surface area contributed by atoms with E-state index in [0.29, 0.717) is 22.2 Å². The number of aliphatic carboxylic acids is 2. The fraction of sp³-hybridized carbons (Fsp3) is 0.304. The Morgan fingerprint density at radius 1 is 0.871 bits per heavy atom. The number of carboxylic acids is 2. The van der Waals surface area contributed by atoms with Crippen molar-refractivity contribution >= 4 is 40.8 Å². The number of anilines is 1. The molecule has 2 aromatic rings. The maximum Gasteiger partial charge on any atom is 0.328 e. The lowest BCUT2D eigenvalue weighted by Gasteiger charge is -2.26. The van der Waals surface area contributed by atoms with E-state index in [9.17, 15) is 9.59 Å². The first kappa shape index (κ1) is 23.1. The maximum atomic E-state index is 9.55. The maximum absolute atomic E-state index is 9.55. The van der Waals surface area contributed by atoms with E-state index in [-0.39, 0.29) is 0 Å². The minimum Gasteiger partial charge on any atom is -0.478 e. The smallest absolute Gasteiger partial charge is 0.328 e. The molecule has 2 aliphatic heterocycles.